The highest BCUT2D eigenvalue weighted by molar-refractivity contribution is 7.13. The van der Waals surface area contributed by atoms with Crippen LogP contribution in [0.3, 0.4) is 0 Å². The van der Waals surface area contributed by atoms with E-state index in [0.717, 1.165) is 31.3 Å². The normalized spacial score (nSPS) is 16.9. The Hall–Kier alpha value is -1.34. The van der Waals surface area contributed by atoms with Crippen LogP contribution in [-0.4, -0.2) is 48.0 Å². The lowest BCUT2D eigenvalue weighted by molar-refractivity contribution is -0.120. The van der Waals surface area contributed by atoms with Gasteiger partial charge in [0.2, 0.25) is 5.91 Å². The van der Waals surface area contributed by atoms with E-state index in [1.807, 2.05) is 18.5 Å². The van der Waals surface area contributed by atoms with Crippen LogP contribution in [0.4, 0.5) is 10.8 Å². The maximum atomic E-state index is 12.5. The molecule has 0 radical (unpaired) electrons. The number of thiazole rings is 1. The predicted octanol–water partition coefficient (Wildman–Crippen LogP) is 3.60. The number of benzene rings is 1. The topological polar surface area (TPSA) is 48.5 Å². The molecule has 0 spiro atoms. The Labute approximate surface area is 155 Å². The van der Waals surface area contributed by atoms with Crippen molar-refractivity contribution in [2.75, 3.05) is 36.4 Å². The molecule has 1 aliphatic heterocycles. The van der Waals surface area contributed by atoms with Crippen LogP contribution in [0.1, 0.15) is 6.92 Å². The molecule has 1 saturated heterocycles. The molecular weight excluding hydrogens is 367 g/mol. The maximum Gasteiger partial charge on any atom is 0.241 e. The summed E-state index contributed by atoms with van der Waals surface area (Å²) in [5.41, 5.74) is 0.544. The van der Waals surface area contributed by atoms with E-state index in [2.05, 4.69) is 20.1 Å². The van der Waals surface area contributed by atoms with Crippen LogP contribution in [-0.2, 0) is 4.79 Å². The van der Waals surface area contributed by atoms with E-state index in [1.165, 1.54) is 0 Å². The molecule has 2 heterocycles. The number of hydrogen-bond donors (Lipinski definition) is 1. The number of anilines is 2. The van der Waals surface area contributed by atoms with Gasteiger partial charge in [-0.3, -0.25) is 9.69 Å². The summed E-state index contributed by atoms with van der Waals surface area (Å²) in [6.45, 7) is 5.27. The zero-order valence-corrected chi connectivity index (χ0v) is 15.5. The van der Waals surface area contributed by atoms with Gasteiger partial charge in [-0.25, -0.2) is 4.98 Å². The van der Waals surface area contributed by atoms with Gasteiger partial charge in [-0.1, -0.05) is 23.2 Å². The smallest absolute Gasteiger partial charge is 0.241 e. The molecule has 1 N–H and O–H groups in total. The van der Waals surface area contributed by atoms with Gasteiger partial charge >= 0.3 is 0 Å². The van der Waals surface area contributed by atoms with Crippen molar-refractivity contribution >= 4 is 51.3 Å². The second kappa shape index (κ2) is 7.70. The summed E-state index contributed by atoms with van der Waals surface area (Å²) >= 11 is 13.7. The van der Waals surface area contributed by atoms with Crippen molar-refractivity contribution in [2.24, 2.45) is 0 Å². The fraction of sp³-hybridized carbons (Fsp3) is 0.375. The Bertz CT molecular complexity index is 702. The minimum atomic E-state index is -0.238. The number of carbonyl (C=O) groups excluding carboxylic acids is 1. The second-order valence-electron chi connectivity index (χ2n) is 5.63. The number of rotatable bonds is 4. The summed E-state index contributed by atoms with van der Waals surface area (Å²) in [7, 11) is 0. The summed E-state index contributed by atoms with van der Waals surface area (Å²) < 4.78 is 0. The molecule has 1 aromatic carbocycles. The van der Waals surface area contributed by atoms with Crippen LogP contribution in [0.5, 0.6) is 0 Å². The zero-order chi connectivity index (χ0) is 17.1. The van der Waals surface area contributed by atoms with Crippen LogP contribution in [0.25, 0.3) is 0 Å². The van der Waals surface area contributed by atoms with Crippen LogP contribution in [0.15, 0.2) is 29.8 Å². The fourth-order valence-corrected chi connectivity index (χ4v) is 3.70. The van der Waals surface area contributed by atoms with Crippen molar-refractivity contribution < 1.29 is 4.79 Å². The van der Waals surface area contributed by atoms with Gasteiger partial charge < -0.3 is 10.2 Å². The van der Waals surface area contributed by atoms with Crippen LogP contribution in [0, 0.1) is 0 Å². The van der Waals surface area contributed by atoms with Crippen molar-refractivity contribution in [3.63, 3.8) is 0 Å². The van der Waals surface area contributed by atoms with E-state index in [4.69, 9.17) is 23.2 Å². The number of piperazine rings is 1. The van der Waals surface area contributed by atoms with Crippen molar-refractivity contribution in [1.82, 2.24) is 9.88 Å². The van der Waals surface area contributed by atoms with Crippen molar-refractivity contribution in [3.8, 4) is 0 Å². The molecule has 128 valence electrons. The molecule has 1 aliphatic rings. The van der Waals surface area contributed by atoms with Crippen molar-refractivity contribution in [2.45, 2.75) is 13.0 Å². The Kier molecular flexibility index (Phi) is 5.61. The summed E-state index contributed by atoms with van der Waals surface area (Å²) in [6, 6.07) is 4.80. The Morgan fingerprint density at radius 2 is 2.04 bits per heavy atom. The third-order valence-electron chi connectivity index (χ3n) is 4.12. The lowest BCUT2D eigenvalue weighted by atomic mass is 10.2. The first-order chi connectivity index (χ1) is 11.5. The van der Waals surface area contributed by atoms with Gasteiger partial charge in [0.25, 0.3) is 0 Å². The van der Waals surface area contributed by atoms with Crippen LogP contribution < -0.4 is 10.2 Å². The highest BCUT2D eigenvalue weighted by atomic mass is 35.5. The van der Waals surface area contributed by atoms with E-state index in [-0.39, 0.29) is 11.9 Å². The number of halogens is 2. The fourth-order valence-electron chi connectivity index (χ4n) is 2.67. The van der Waals surface area contributed by atoms with E-state index in [0.29, 0.717) is 15.7 Å². The second-order valence-corrected chi connectivity index (χ2v) is 7.34. The molecule has 0 bridgehead atoms. The molecule has 1 unspecified atom stereocenters. The third-order valence-corrected chi connectivity index (χ3v) is 5.51. The quantitative estimate of drug-likeness (QED) is 0.874. The van der Waals surface area contributed by atoms with Gasteiger partial charge in [-0.2, -0.15) is 0 Å². The van der Waals surface area contributed by atoms with Crippen molar-refractivity contribution in [1.29, 1.82) is 0 Å². The summed E-state index contributed by atoms with van der Waals surface area (Å²) in [4.78, 5) is 21.3. The van der Waals surface area contributed by atoms with Gasteiger partial charge in [0.1, 0.15) is 0 Å². The Morgan fingerprint density at radius 3 is 2.71 bits per heavy atom. The number of amides is 1. The van der Waals surface area contributed by atoms with E-state index in [1.54, 1.807) is 29.5 Å². The summed E-state index contributed by atoms with van der Waals surface area (Å²) in [5.74, 6) is -0.0816. The van der Waals surface area contributed by atoms with E-state index < -0.39 is 0 Å². The summed E-state index contributed by atoms with van der Waals surface area (Å²) in [6.07, 6.45) is 1.82. The first-order valence-corrected chi connectivity index (χ1v) is 9.32. The molecular formula is C16H18Cl2N4OS. The number of hydrogen-bond acceptors (Lipinski definition) is 5. The molecule has 8 heteroatoms. The molecule has 1 amide bonds. The lowest BCUT2D eigenvalue weighted by Crippen LogP contribution is -2.52. The minimum absolute atomic E-state index is 0.0816. The Morgan fingerprint density at radius 1 is 1.29 bits per heavy atom. The minimum Gasteiger partial charge on any atom is -0.346 e. The van der Waals surface area contributed by atoms with Crippen molar-refractivity contribution in [3.05, 3.63) is 39.8 Å². The number of nitrogens with zero attached hydrogens (tertiary/aromatic N) is 3. The monoisotopic (exact) mass is 384 g/mol. The molecule has 0 aliphatic carbocycles. The molecule has 1 fully saturated rings. The van der Waals surface area contributed by atoms with Gasteiger partial charge in [-0.05, 0) is 25.1 Å². The average molecular weight is 385 g/mol. The standard InChI is InChI=1S/C16H18Cl2N4OS/c1-11(15(23)20-14-10-12(17)2-3-13(14)18)21-5-7-22(8-6-21)16-19-4-9-24-16/h2-4,9-11H,5-8H2,1H3,(H,20,23). The molecule has 24 heavy (non-hydrogen) atoms. The Balaban J connectivity index is 1.57. The van der Waals surface area contributed by atoms with Gasteiger partial charge in [0.05, 0.1) is 16.8 Å². The van der Waals surface area contributed by atoms with Crippen LogP contribution in [0.2, 0.25) is 10.0 Å². The first-order valence-electron chi connectivity index (χ1n) is 7.69. The molecule has 1 atom stereocenters. The largest absolute Gasteiger partial charge is 0.346 e. The summed E-state index contributed by atoms with van der Waals surface area (Å²) in [5, 5.41) is 6.91. The maximum absolute atomic E-state index is 12.5. The molecule has 5 nitrogen and oxygen atoms in total. The first kappa shape index (κ1) is 17.5. The van der Waals surface area contributed by atoms with Gasteiger partial charge in [0.15, 0.2) is 5.13 Å². The van der Waals surface area contributed by atoms with E-state index >= 15 is 0 Å². The molecule has 2 aromatic rings. The lowest BCUT2D eigenvalue weighted by Gasteiger charge is -2.37. The number of aromatic nitrogens is 1. The van der Waals surface area contributed by atoms with Gasteiger partial charge in [0, 0.05) is 42.8 Å². The predicted molar refractivity (Wildman–Crippen MR) is 100 cm³/mol. The molecule has 0 saturated carbocycles. The SMILES string of the molecule is CC(C(=O)Nc1cc(Cl)ccc1Cl)N1CCN(c2nccs2)CC1. The molecule has 1 aromatic heterocycles. The zero-order valence-electron chi connectivity index (χ0n) is 13.2. The third kappa shape index (κ3) is 4.00. The molecule has 3 rings (SSSR count). The average Bonchev–Trinajstić information content (AvgIpc) is 3.12. The highest BCUT2D eigenvalue weighted by Gasteiger charge is 2.26. The van der Waals surface area contributed by atoms with E-state index in [9.17, 15) is 4.79 Å². The van der Waals surface area contributed by atoms with Gasteiger partial charge in [-0.15, -0.1) is 11.3 Å². The highest BCUT2D eigenvalue weighted by Crippen LogP contribution is 2.26. The number of nitrogens with one attached hydrogen (secondary N) is 1. The number of carbonyl (C=O) groups is 1. The van der Waals surface area contributed by atoms with Crippen LogP contribution >= 0.6 is 34.5 Å².